The molecule has 0 spiro atoms. The minimum absolute atomic E-state index is 0.0829. The number of nitriles is 1. The van der Waals surface area contributed by atoms with Gasteiger partial charge in [0.1, 0.15) is 6.07 Å². The number of methoxy groups -OCH3 is 1. The van der Waals surface area contributed by atoms with Gasteiger partial charge >= 0.3 is 5.97 Å². The molecule has 2 rings (SSSR count). The van der Waals surface area contributed by atoms with Gasteiger partial charge in [0.05, 0.1) is 7.11 Å². The fourth-order valence-electron chi connectivity index (χ4n) is 3.32. The van der Waals surface area contributed by atoms with Gasteiger partial charge in [-0.2, -0.15) is 5.26 Å². The summed E-state index contributed by atoms with van der Waals surface area (Å²) in [5.41, 5.74) is 0.697. The molecule has 1 fully saturated rings. The Morgan fingerprint density at radius 3 is 2.61 bits per heavy atom. The maximum Gasteiger partial charge on any atom is 0.331 e. The molecular formula is C21H26N2O5. The van der Waals surface area contributed by atoms with Crippen LogP contribution < -0.4 is 9.47 Å². The van der Waals surface area contributed by atoms with Crippen molar-refractivity contribution >= 4 is 18.0 Å². The summed E-state index contributed by atoms with van der Waals surface area (Å²) in [6.07, 6.45) is 3.93. The first-order chi connectivity index (χ1) is 13.4. The highest BCUT2D eigenvalue weighted by Crippen LogP contribution is 2.28. The van der Waals surface area contributed by atoms with Crippen LogP contribution in [0.5, 0.6) is 11.5 Å². The van der Waals surface area contributed by atoms with Crippen molar-refractivity contribution in [1.29, 1.82) is 5.26 Å². The predicted molar refractivity (Wildman–Crippen MR) is 104 cm³/mol. The van der Waals surface area contributed by atoms with Crippen LogP contribution in [0.1, 0.15) is 25.8 Å². The van der Waals surface area contributed by atoms with E-state index in [9.17, 15) is 9.59 Å². The fourth-order valence-corrected chi connectivity index (χ4v) is 3.32. The minimum Gasteiger partial charge on any atom is -0.493 e. The Morgan fingerprint density at radius 2 is 1.96 bits per heavy atom. The first-order valence-electron chi connectivity index (χ1n) is 9.23. The number of carbonyl (C=O) groups excluding carboxylic acids is 2. The first-order valence-corrected chi connectivity index (χ1v) is 9.23. The van der Waals surface area contributed by atoms with Gasteiger partial charge in [-0.25, -0.2) is 4.79 Å². The Bertz CT molecular complexity index is 759. The number of piperidine rings is 1. The van der Waals surface area contributed by atoms with Crippen LogP contribution in [0.4, 0.5) is 0 Å². The summed E-state index contributed by atoms with van der Waals surface area (Å²) >= 11 is 0. The van der Waals surface area contributed by atoms with Crippen molar-refractivity contribution in [2.45, 2.75) is 20.3 Å². The van der Waals surface area contributed by atoms with Crippen molar-refractivity contribution in [3.63, 3.8) is 0 Å². The summed E-state index contributed by atoms with van der Waals surface area (Å²) < 4.78 is 15.5. The number of likely N-dealkylation sites (tertiary alicyclic amines) is 1. The highest BCUT2D eigenvalue weighted by molar-refractivity contribution is 5.89. The summed E-state index contributed by atoms with van der Waals surface area (Å²) in [5.74, 6) is 1.06. The smallest absolute Gasteiger partial charge is 0.331 e. The van der Waals surface area contributed by atoms with E-state index in [1.165, 1.54) is 13.2 Å². The molecule has 0 bridgehead atoms. The molecule has 7 heteroatoms. The van der Waals surface area contributed by atoms with Crippen LogP contribution in [0.15, 0.2) is 24.3 Å². The van der Waals surface area contributed by atoms with Gasteiger partial charge in [0.2, 0.25) is 0 Å². The zero-order valence-electron chi connectivity index (χ0n) is 16.5. The van der Waals surface area contributed by atoms with Crippen molar-refractivity contribution in [3.05, 3.63) is 29.8 Å². The Labute approximate surface area is 165 Å². The molecule has 1 amide bonds. The molecule has 150 valence electrons. The summed E-state index contributed by atoms with van der Waals surface area (Å²) in [6, 6.07) is 6.95. The second kappa shape index (κ2) is 10.4. The average molecular weight is 386 g/mol. The lowest BCUT2D eigenvalue weighted by Gasteiger charge is -2.34. The number of rotatable bonds is 7. The maximum absolute atomic E-state index is 12.2. The zero-order chi connectivity index (χ0) is 20.5. The van der Waals surface area contributed by atoms with Crippen LogP contribution in [0.3, 0.4) is 0 Å². The van der Waals surface area contributed by atoms with Crippen molar-refractivity contribution in [2.75, 3.05) is 33.4 Å². The first kappa shape index (κ1) is 21.3. The molecule has 1 aliphatic heterocycles. The topological polar surface area (TPSA) is 88.9 Å². The molecule has 0 N–H and O–H groups in total. The van der Waals surface area contributed by atoms with E-state index in [1.54, 1.807) is 29.2 Å². The standard InChI is InChI=1S/C21H26N2O5/c1-15-10-16(2)13-23(12-15)20(24)14-28-21(25)7-5-17-4-6-18(27-9-8-22)19(11-17)26-3/h4-7,11,15-16H,9-10,12-14H2,1-3H3/b7-5+/t15-,16+. The van der Waals surface area contributed by atoms with Crippen LogP contribution in [0, 0.1) is 23.2 Å². The van der Waals surface area contributed by atoms with Gasteiger partial charge in [0.25, 0.3) is 5.91 Å². The van der Waals surface area contributed by atoms with Crippen molar-refractivity contribution in [2.24, 2.45) is 11.8 Å². The van der Waals surface area contributed by atoms with Crippen LogP contribution in [0.25, 0.3) is 6.08 Å². The largest absolute Gasteiger partial charge is 0.493 e. The van der Waals surface area contributed by atoms with Crippen LogP contribution in [-0.2, 0) is 14.3 Å². The number of amides is 1. The van der Waals surface area contributed by atoms with Crippen molar-refractivity contribution < 1.29 is 23.8 Å². The summed E-state index contributed by atoms with van der Waals surface area (Å²) in [4.78, 5) is 25.9. The third-order valence-corrected chi connectivity index (χ3v) is 4.45. The van der Waals surface area contributed by atoms with Gasteiger partial charge in [-0.05, 0) is 42.0 Å². The number of benzene rings is 1. The lowest BCUT2D eigenvalue weighted by Crippen LogP contribution is -2.44. The molecule has 0 aliphatic carbocycles. The second-order valence-corrected chi connectivity index (χ2v) is 7.04. The monoisotopic (exact) mass is 386 g/mol. The molecule has 0 radical (unpaired) electrons. The Kier molecular flexibility index (Phi) is 7.88. The molecule has 1 saturated heterocycles. The molecule has 1 aromatic rings. The highest BCUT2D eigenvalue weighted by Gasteiger charge is 2.25. The normalized spacial score (nSPS) is 19.1. The molecule has 1 aromatic carbocycles. The number of nitrogens with zero attached hydrogens (tertiary/aromatic N) is 2. The van der Waals surface area contributed by atoms with E-state index in [0.717, 1.165) is 6.42 Å². The Morgan fingerprint density at radius 1 is 1.25 bits per heavy atom. The molecule has 1 heterocycles. The molecular weight excluding hydrogens is 360 g/mol. The van der Waals surface area contributed by atoms with Gasteiger partial charge in [-0.15, -0.1) is 0 Å². The summed E-state index contributed by atoms with van der Waals surface area (Å²) in [5, 5.41) is 8.58. The summed E-state index contributed by atoms with van der Waals surface area (Å²) in [7, 11) is 1.49. The molecule has 1 aliphatic rings. The van der Waals surface area contributed by atoms with E-state index in [-0.39, 0.29) is 19.1 Å². The minimum atomic E-state index is -0.588. The van der Waals surface area contributed by atoms with Crippen molar-refractivity contribution in [1.82, 2.24) is 4.90 Å². The number of ether oxygens (including phenoxy) is 3. The van der Waals surface area contributed by atoms with Crippen molar-refractivity contribution in [3.8, 4) is 17.6 Å². The third-order valence-electron chi connectivity index (χ3n) is 4.45. The molecule has 28 heavy (non-hydrogen) atoms. The number of carbonyl (C=O) groups is 2. The van der Waals surface area contributed by atoms with Crippen LogP contribution in [-0.4, -0.2) is 50.2 Å². The number of hydrogen-bond acceptors (Lipinski definition) is 6. The van der Waals surface area contributed by atoms with Crippen LogP contribution in [0.2, 0.25) is 0 Å². The molecule has 0 aromatic heterocycles. The highest BCUT2D eigenvalue weighted by atomic mass is 16.5. The van der Waals surface area contributed by atoms with Gasteiger partial charge in [0.15, 0.2) is 24.7 Å². The SMILES string of the molecule is COc1cc(/C=C/C(=O)OCC(=O)N2C[C@H](C)C[C@H](C)C2)ccc1OCC#N. The quantitative estimate of drug-likeness (QED) is 0.529. The van der Waals surface area contributed by atoms with Gasteiger partial charge in [-0.3, -0.25) is 4.79 Å². The zero-order valence-corrected chi connectivity index (χ0v) is 16.5. The number of esters is 1. The van der Waals surface area contributed by atoms with Gasteiger partial charge < -0.3 is 19.1 Å². The van der Waals surface area contributed by atoms with E-state index < -0.39 is 5.97 Å². The molecule has 7 nitrogen and oxygen atoms in total. The van der Waals surface area contributed by atoms with Crippen LogP contribution >= 0.6 is 0 Å². The van der Waals surface area contributed by atoms with E-state index in [0.29, 0.717) is 42.0 Å². The lowest BCUT2D eigenvalue weighted by molar-refractivity contribution is -0.149. The predicted octanol–water partition coefficient (Wildman–Crippen LogP) is 2.66. The fraction of sp³-hybridized carbons (Fsp3) is 0.476. The Balaban J connectivity index is 1.87. The van der Waals surface area contributed by atoms with E-state index in [1.807, 2.05) is 6.07 Å². The average Bonchev–Trinajstić information content (AvgIpc) is 2.68. The van der Waals surface area contributed by atoms with Gasteiger partial charge in [0, 0.05) is 19.2 Å². The molecule has 0 saturated carbocycles. The van der Waals surface area contributed by atoms with E-state index >= 15 is 0 Å². The number of hydrogen-bond donors (Lipinski definition) is 0. The molecule has 0 unspecified atom stereocenters. The second-order valence-electron chi connectivity index (χ2n) is 7.04. The maximum atomic E-state index is 12.2. The van der Waals surface area contributed by atoms with E-state index in [2.05, 4.69) is 13.8 Å². The third kappa shape index (κ3) is 6.31. The lowest BCUT2D eigenvalue weighted by atomic mass is 9.92. The summed E-state index contributed by atoms with van der Waals surface area (Å²) in [6.45, 7) is 5.31. The Hall–Kier alpha value is -3.01. The molecule has 2 atom stereocenters. The van der Waals surface area contributed by atoms with Gasteiger partial charge in [-0.1, -0.05) is 19.9 Å². The van der Waals surface area contributed by atoms with E-state index in [4.69, 9.17) is 19.5 Å².